The average Bonchev–Trinajstić information content (AvgIpc) is 3.34. The lowest BCUT2D eigenvalue weighted by atomic mass is 10.1. The summed E-state index contributed by atoms with van der Waals surface area (Å²) >= 11 is 13.8. The van der Waals surface area contributed by atoms with Crippen molar-refractivity contribution >= 4 is 46.8 Å². The molecule has 184 valence electrons. The summed E-state index contributed by atoms with van der Waals surface area (Å²) in [5.74, 6) is 1.62. The lowest BCUT2D eigenvalue weighted by molar-refractivity contribution is -0.139. The Balaban J connectivity index is 1.70. The Morgan fingerprint density at radius 2 is 1.76 bits per heavy atom. The van der Waals surface area contributed by atoms with Crippen LogP contribution in [0.25, 0.3) is 0 Å². The molecule has 1 aliphatic rings. The van der Waals surface area contributed by atoms with Crippen LogP contribution in [-0.2, 0) is 21.9 Å². The van der Waals surface area contributed by atoms with Gasteiger partial charge in [0.15, 0.2) is 0 Å². The van der Waals surface area contributed by atoms with Crippen LogP contribution in [0, 0.1) is 0 Å². The van der Waals surface area contributed by atoms with Gasteiger partial charge in [0.1, 0.15) is 11.8 Å². The number of carbonyl (C=O) groups is 2. The van der Waals surface area contributed by atoms with Crippen molar-refractivity contribution in [1.29, 1.82) is 0 Å². The maximum atomic E-state index is 13.4. The molecule has 1 saturated carbocycles. The van der Waals surface area contributed by atoms with Gasteiger partial charge in [-0.1, -0.05) is 61.2 Å². The van der Waals surface area contributed by atoms with Gasteiger partial charge in [-0.3, -0.25) is 9.59 Å². The molecule has 1 fully saturated rings. The maximum Gasteiger partial charge on any atom is 0.243 e. The second kappa shape index (κ2) is 13.3. The number of carbonyl (C=O) groups excluding carboxylic acids is 2. The minimum Gasteiger partial charge on any atom is -0.497 e. The lowest BCUT2D eigenvalue weighted by Gasteiger charge is -2.31. The number of amides is 2. The summed E-state index contributed by atoms with van der Waals surface area (Å²) in [5, 5.41) is 4.06. The van der Waals surface area contributed by atoms with Gasteiger partial charge < -0.3 is 15.0 Å². The molecule has 0 spiro atoms. The summed E-state index contributed by atoms with van der Waals surface area (Å²) in [6.07, 6.45) is 4.81. The third kappa shape index (κ3) is 7.56. The van der Waals surface area contributed by atoms with Gasteiger partial charge in [-0.05, 0) is 54.7 Å². The highest BCUT2D eigenvalue weighted by Gasteiger charge is 2.30. The Kier molecular flexibility index (Phi) is 10.4. The fraction of sp³-hybridized carbons (Fsp3) is 0.462. The maximum absolute atomic E-state index is 13.4. The van der Waals surface area contributed by atoms with Crippen molar-refractivity contribution in [2.75, 3.05) is 12.9 Å². The highest BCUT2D eigenvalue weighted by atomic mass is 35.5. The smallest absolute Gasteiger partial charge is 0.243 e. The van der Waals surface area contributed by atoms with Gasteiger partial charge in [0.25, 0.3) is 0 Å². The van der Waals surface area contributed by atoms with Gasteiger partial charge in [0, 0.05) is 18.3 Å². The van der Waals surface area contributed by atoms with Crippen LogP contribution < -0.4 is 10.1 Å². The molecular weight excluding hydrogens is 491 g/mol. The minimum atomic E-state index is -0.538. The van der Waals surface area contributed by atoms with Crippen LogP contribution in [0.4, 0.5) is 0 Å². The van der Waals surface area contributed by atoms with Gasteiger partial charge in [-0.2, -0.15) is 0 Å². The van der Waals surface area contributed by atoms with Gasteiger partial charge in [0.05, 0.1) is 22.9 Å². The van der Waals surface area contributed by atoms with E-state index in [1.54, 1.807) is 24.1 Å². The number of nitrogens with one attached hydrogen (secondary N) is 1. The summed E-state index contributed by atoms with van der Waals surface area (Å²) in [7, 11) is 1.64. The first-order chi connectivity index (χ1) is 16.4. The highest BCUT2D eigenvalue weighted by molar-refractivity contribution is 7.99. The molecule has 8 heteroatoms. The summed E-state index contributed by atoms with van der Waals surface area (Å²) in [5.41, 5.74) is 1.95. The highest BCUT2D eigenvalue weighted by Crippen LogP contribution is 2.25. The first-order valence-corrected chi connectivity index (χ1v) is 13.6. The first kappa shape index (κ1) is 26.7. The molecule has 5 nitrogen and oxygen atoms in total. The molecule has 0 aliphatic heterocycles. The number of hydrogen-bond acceptors (Lipinski definition) is 4. The van der Waals surface area contributed by atoms with Gasteiger partial charge in [-0.25, -0.2) is 0 Å². The molecule has 1 aliphatic carbocycles. The van der Waals surface area contributed by atoms with Crippen LogP contribution in [0.5, 0.6) is 5.75 Å². The van der Waals surface area contributed by atoms with E-state index in [1.807, 2.05) is 37.3 Å². The van der Waals surface area contributed by atoms with Crippen LogP contribution in [-0.4, -0.2) is 41.7 Å². The molecule has 0 heterocycles. The average molecular weight is 524 g/mol. The quantitative estimate of drug-likeness (QED) is 0.387. The molecule has 0 bridgehead atoms. The number of rotatable bonds is 11. The number of ether oxygens (including phenoxy) is 1. The molecule has 3 rings (SSSR count). The summed E-state index contributed by atoms with van der Waals surface area (Å²) in [6, 6.07) is 12.8. The molecule has 0 aromatic heterocycles. The lowest BCUT2D eigenvalue weighted by Crippen LogP contribution is -2.51. The number of thioether (sulfide) groups is 1. The zero-order valence-corrected chi connectivity index (χ0v) is 22.0. The summed E-state index contributed by atoms with van der Waals surface area (Å²) < 4.78 is 5.20. The van der Waals surface area contributed by atoms with Crippen molar-refractivity contribution in [3.8, 4) is 5.75 Å². The third-order valence-corrected chi connectivity index (χ3v) is 7.81. The van der Waals surface area contributed by atoms with Crippen LogP contribution in [0.2, 0.25) is 10.0 Å². The molecule has 1 atom stereocenters. The normalized spacial score (nSPS) is 14.6. The standard InChI is InChI=1S/C26H32Cl2N2O3S/c1-3-24(26(32)29-20-6-4-5-7-20)30(15-19-10-13-22(27)23(28)14-19)25(31)17-34-16-18-8-11-21(33-2)12-9-18/h8-14,20,24H,3-7,15-17H2,1-2H3,(H,29,32)/t24-/m0/s1. The molecule has 0 radical (unpaired) electrons. The second-order valence-electron chi connectivity index (χ2n) is 8.52. The van der Waals surface area contributed by atoms with Crippen LogP contribution >= 0.6 is 35.0 Å². The molecule has 34 heavy (non-hydrogen) atoms. The van der Waals surface area contributed by atoms with E-state index < -0.39 is 6.04 Å². The van der Waals surface area contributed by atoms with E-state index in [4.69, 9.17) is 27.9 Å². The Morgan fingerprint density at radius 1 is 1.09 bits per heavy atom. The fourth-order valence-electron chi connectivity index (χ4n) is 4.18. The summed E-state index contributed by atoms with van der Waals surface area (Å²) in [6.45, 7) is 2.24. The third-order valence-electron chi connectivity index (χ3n) is 6.08. The number of benzene rings is 2. The number of hydrogen-bond donors (Lipinski definition) is 1. The van der Waals surface area contributed by atoms with Crippen LogP contribution in [0.15, 0.2) is 42.5 Å². The molecular formula is C26H32Cl2N2O3S. The predicted octanol–water partition coefficient (Wildman–Crippen LogP) is 6.10. The van der Waals surface area contributed by atoms with Crippen molar-refractivity contribution in [2.24, 2.45) is 0 Å². The Hall–Kier alpha value is -1.89. The second-order valence-corrected chi connectivity index (χ2v) is 10.3. The molecule has 2 aromatic carbocycles. The number of halogens is 2. The van der Waals surface area contributed by atoms with E-state index in [0.29, 0.717) is 28.8 Å². The van der Waals surface area contributed by atoms with E-state index in [9.17, 15) is 9.59 Å². The van der Waals surface area contributed by atoms with Crippen molar-refractivity contribution in [2.45, 2.75) is 63.4 Å². The van der Waals surface area contributed by atoms with Gasteiger partial charge >= 0.3 is 0 Å². The largest absolute Gasteiger partial charge is 0.497 e. The topological polar surface area (TPSA) is 58.6 Å². The molecule has 2 aromatic rings. The molecule has 2 amide bonds. The van der Waals surface area contributed by atoms with Crippen LogP contribution in [0.3, 0.4) is 0 Å². The Labute approximate surface area is 216 Å². The number of nitrogens with zero attached hydrogens (tertiary/aromatic N) is 1. The van der Waals surface area contributed by atoms with E-state index in [2.05, 4.69) is 5.32 Å². The van der Waals surface area contributed by atoms with Crippen LogP contribution in [0.1, 0.15) is 50.2 Å². The van der Waals surface area contributed by atoms with Crippen molar-refractivity contribution < 1.29 is 14.3 Å². The van der Waals surface area contributed by atoms with Gasteiger partial charge in [-0.15, -0.1) is 11.8 Å². The zero-order chi connectivity index (χ0) is 24.5. The van der Waals surface area contributed by atoms with E-state index in [0.717, 1.165) is 42.6 Å². The summed E-state index contributed by atoms with van der Waals surface area (Å²) in [4.78, 5) is 28.2. The Morgan fingerprint density at radius 3 is 2.38 bits per heavy atom. The predicted molar refractivity (Wildman–Crippen MR) is 141 cm³/mol. The fourth-order valence-corrected chi connectivity index (χ4v) is 5.37. The SMILES string of the molecule is CC[C@@H](C(=O)NC1CCCC1)N(Cc1ccc(Cl)c(Cl)c1)C(=O)CSCc1ccc(OC)cc1. The Bertz CT molecular complexity index is 965. The van der Waals surface area contributed by atoms with Crippen molar-refractivity contribution in [3.63, 3.8) is 0 Å². The van der Waals surface area contributed by atoms with E-state index >= 15 is 0 Å². The molecule has 1 N–H and O–H groups in total. The number of methoxy groups -OCH3 is 1. The first-order valence-electron chi connectivity index (χ1n) is 11.7. The van der Waals surface area contributed by atoms with Crippen molar-refractivity contribution in [1.82, 2.24) is 10.2 Å². The molecule has 0 unspecified atom stereocenters. The van der Waals surface area contributed by atoms with E-state index in [-0.39, 0.29) is 23.6 Å². The monoisotopic (exact) mass is 522 g/mol. The minimum absolute atomic E-state index is 0.0713. The van der Waals surface area contributed by atoms with Gasteiger partial charge in [0.2, 0.25) is 11.8 Å². The zero-order valence-electron chi connectivity index (χ0n) is 19.7. The van der Waals surface area contributed by atoms with E-state index in [1.165, 1.54) is 11.8 Å². The van der Waals surface area contributed by atoms with Crippen molar-refractivity contribution in [3.05, 3.63) is 63.6 Å². The molecule has 0 saturated heterocycles.